The highest BCUT2D eigenvalue weighted by atomic mass is 35.5. The van der Waals surface area contributed by atoms with Gasteiger partial charge in [-0.15, -0.1) is 13.2 Å². The zero-order valence-electron chi connectivity index (χ0n) is 9.82. The number of rotatable bonds is 3. The van der Waals surface area contributed by atoms with Crippen LogP contribution in [0.1, 0.15) is 15.9 Å². The Morgan fingerprint density at radius 1 is 1.15 bits per heavy atom. The van der Waals surface area contributed by atoms with E-state index in [-0.39, 0.29) is 16.3 Å². The second-order valence-electron chi connectivity index (χ2n) is 3.77. The van der Waals surface area contributed by atoms with E-state index in [9.17, 15) is 18.0 Å². The fraction of sp³-hybridized carbons (Fsp3) is 0.0769. The summed E-state index contributed by atoms with van der Waals surface area (Å²) in [5, 5.41) is 0.124. The van der Waals surface area contributed by atoms with E-state index in [1.807, 2.05) is 0 Å². The van der Waals surface area contributed by atoms with Gasteiger partial charge in [0.25, 0.3) is 0 Å². The van der Waals surface area contributed by atoms with Crippen LogP contribution in [0.4, 0.5) is 13.2 Å². The Morgan fingerprint density at radius 2 is 1.85 bits per heavy atom. The molecule has 2 rings (SSSR count). The van der Waals surface area contributed by atoms with Gasteiger partial charge in [0.1, 0.15) is 10.9 Å². The van der Waals surface area contributed by atoms with E-state index in [0.717, 1.165) is 12.1 Å². The number of pyridine rings is 1. The molecule has 20 heavy (non-hydrogen) atoms. The summed E-state index contributed by atoms with van der Waals surface area (Å²) in [4.78, 5) is 15.8. The highest BCUT2D eigenvalue weighted by Gasteiger charge is 2.31. The minimum absolute atomic E-state index is 0.0639. The number of benzene rings is 1. The quantitative estimate of drug-likeness (QED) is 0.638. The monoisotopic (exact) mass is 301 g/mol. The van der Waals surface area contributed by atoms with Crippen molar-refractivity contribution in [1.29, 1.82) is 0 Å². The highest BCUT2D eigenvalue weighted by Crippen LogP contribution is 2.24. The average molecular weight is 302 g/mol. The van der Waals surface area contributed by atoms with Crippen LogP contribution >= 0.6 is 11.6 Å². The van der Waals surface area contributed by atoms with Gasteiger partial charge in [0.15, 0.2) is 5.78 Å². The molecule has 1 aromatic carbocycles. The van der Waals surface area contributed by atoms with E-state index < -0.39 is 17.9 Å². The second-order valence-corrected chi connectivity index (χ2v) is 4.16. The maximum absolute atomic E-state index is 12.1. The molecular weight excluding hydrogens is 295 g/mol. The first kappa shape index (κ1) is 14.3. The van der Waals surface area contributed by atoms with Gasteiger partial charge in [-0.3, -0.25) is 4.79 Å². The first-order valence-corrected chi connectivity index (χ1v) is 5.75. The van der Waals surface area contributed by atoms with Crippen molar-refractivity contribution in [3.63, 3.8) is 0 Å². The lowest BCUT2D eigenvalue weighted by molar-refractivity contribution is -0.274. The number of halogens is 4. The molecule has 3 nitrogen and oxygen atoms in total. The summed E-state index contributed by atoms with van der Waals surface area (Å²) in [6, 6.07) is 7.58. The lowest BCUT2D eigenvalue weighted by Gasteiger charge is -2.09. The van der Waals surface area contributed by atoms with Gasteiger partial charge in [0.2, 0.25) is 0 Å². The van der Waals surface area contributed by atoms with E-state index in [1.165, 1.54) is 30.5 Å². The molecule has 0 unspecified atom stereocenters. The molecule has 104 valence electrons. The molecule has 0 aliphatic carbocycles. The molecule has 0 spiro atoms. The zero-order chi connectivity index (χ0) is 14.8. The van der Waals surface area contributed by atoms with Gasteiger partial charge in [-0.2, -0.15) is 0 Å². The molecule has 0 saturated heterocycles. The lowest BCUT2D eigenvalue weighted by Crippen LogP contribution is -2.17. The number of alkyl halides is 3. The molecule has 2 aromatic rings. The lowest BCUT2D eigenvalue weighted by atomic mass is 10.0. The van der Waals surface area contributed by atoms with E-state index in [4.69, 9.17) is 11.6 Å². The molecule has 0 radical (unpaired) electrons. The number of ketones is 1. The van der Waals surface area contributed by atoms with Crippen molar-refractivity contribution >= 4 is 17.4 Å². The average Bonchev–Trinajstić information content (AvgIpc) is 2.36. The third kappa shape index (κ3) is 3.71. The number of carbonyl (C=O) groups is 1. The molecule has 0 aliphatic heterocycles. The summed E-state index contributed by atoms with van der Waals surface area (Å²) in [6.45, 7) is 0. The Bertz CT molecular complexity index is 644. The molecule has 0 saturated carbocycles. The largest absolute Gasteiger partial charge is 0.573 e. The predicted octanol–water partition coefficient (Wildman–Crippen LogP) is 3.86. The molecule has 0 atom stereocenters. The summed E-state index contributed by atoms with van der Waals surface area (Å²) in [6.07, 6.45) is -3.47. The van der Waals surface area contributed by atoms with Gasteiger partial charge in [0, 0.05) is 17.3 Å². The van der Waals surface area contributed by atoms with Crippen LogP contribution in [0.5, 0.6) is 5.75 Å². The molecule has 0 amide bonds. The normalized spacial score (nSPS) is 11.2. The van der Waals surface area contributed by atoms with Gasteiger partial charge in [-0.1, -0.05) is 23.7 Å². The predicted molar refractivity (Wildman–Crippen MR) is 65.8 cm³/mol. The van der Waals surface area contributed by atoms with Crippen LogP contribution in [-0.4, -0.2) is 17.1 Å². The first-order chi connectivity index (χ1) is 9.35. The summed E-state index contributed by atoms with van der Waals surface area (Å²) < 4.78 is 40.1. The topological polar surface area (TPSA) is 39.2 Å². The van der Waals surface area contributed by atoms with Crippen LogP contribution in [0.3, 0.4) is 0 Å². The molecule has 7 heteroatoms. The molecule has 1 aromatic heterocycles. The van der Waals surface area contributed by atoms with Crippen LogP contribution < -0.4 is 4.74 Å². The van der Waals surface area contributed by atoms with Crippen LogP contribution in [-0.2, 0) is 0 Å². The number of hydrogen-bond acceptors (Lipinski definition) is 3. The van der Waals surface area contributed by atoms with E-state index in [1.54, 1.807) is 0 Å². The Hall–Kier alpha value is -2.08. The summed E-state index contributed by atoms with van der Waals surface area (Å²) in [5.74, 6) is -0.926. The Labute approximate surface area is 117 Å². The fourth-order valence-electron chi connectivity index (χ4n) is 1.54. The van der Waals surface area contributed by atoms with Crippen molar-refractivity contribution in [1.82, 2.24) is 4.98 Å². The number of aromatic nitrogens is 1. The van der Waals surface area contributed by atoms with Crippen LogP contribution in [0, 0.1) is 0 Å². The Kier molecular flexibility index (Phi) is 3.94. The molecular formula is C13H7ClF3NO2. The van der Waals surface area contributed by atoms with Crippen LogP contribution in [0.25, 0.3) is 0 Å². The molecule has 0 aliphatic rings. The number of hydrogen-bond donors (Lipinski definition) is 0. The van der Waals surface area contributed by atoms with Crippen molar-refractivity contribution in [3.8, 4) is 5.75 Å². The third-order valence-electron chi connectivity index (χ3n) is 2.32. The van der Waals surface area contributed by atoms with Crippen molar-refractivity contribution < 1.29 is 22.7 Å². The summed E-state index contributed by atoms with van der Waals surface area (Å²) in [5.41, 5.74) is 0.295. The standard InChI is InChI=1S/C13H7ClF3NO2/c14-11-7-9(4-5-18-11)12(19)8-2-1-3-10(6-8)20-13(15,16)17/h1-7H. The van der Waals surface area contributed by atoms with Gasteiger partial charge in [-0.25, -0.2) is 4.98 Å². The number of ether oxygens (including phenoxy) is 1. The molecule has 1 heterocycles. The summed E-state index contributed by atoms with van der Waals surface area (Å²) >= 11 is 5.66. The highest BCUT2D eigenvalue weighted by molar-refractivity contribution is 6.30. The number of nitrogens with zero attached hydrogens (tertiary/aromatic N) is 1. The van der Waals surface area contributed by atoms with E-state index >= 15 is 0 Å². The smallest absolute Gasteiger partial charge is 0.406 e. The maximum atomic E-state index is 12.1. The maximum Gasteiger partial charge on any atom is 0.573 e. The molecule has 0 bridgehead atoms. The van der Waals surface area contributed by atoms with Gasteiger partial charge in [0.05, 0.1) is 0 Å². The zero-order valence-corrected chi connectivity index (χ0v) is 10.6. The third-order valence-corrected chi connectivity index (χ3v) is 2.53. The van der Waals surface area contributed by atoms with Gasteiger partial charge in [-0.05, 0) is 24.3 Å². The van der Waals surface area contributed by atoms with E-state index in [0.29, 0.717) is 0 Å². The van der Waals surface area contributed by atoms with Crippen LogP contribution in [0.2, 0.25) is 5.15 Å². The SMILES string of the molecule is O=C(c1cccc(OC(F)(F)F)c1)c1ccnc(Cl)c1. The van der Waals surface area contributed by atoms with Crippen molar-refractivity contribution in [3.05, 3.63) is 58.9 Å². The van der Waals surface area contributed by atoms with Gasteiger partial charge >= 0.3 is 6.36 Å². The van der Waals surface area contributed by atoms with Gasteiger partial charge < -0.3 is 4.74 Å². The van der Waals surface area contributed by atoms with E-state index in [2.05, 4.69) is 9.72 Å². The number of carbonyl (C=O) groups excluding carboxylic acids is 1. The molecule has 0 N–H and O–H groups in total. The van der Waals surface area contributed by atoms with Crippen molar-refractivity contribution in [2.75, 3.05) is 0 Å². The summed E-state index contributed by atoms with van der Waals surface area (Å²) in [7, 11) is 0. The minimum Gasteiger partial charge on any atom is -0.406 e. The van der Waals surface area contributed by atoms with Crippen molar-refractivity contribution in [2.24, 2.45) is 0 Å². The Balaban J connectivity index is 2.29. The molecule has 0 fully saturated rings. The minimum atomic E-state index is -4.80. The fourth-order valence-corrected chi connectivity index (χ4v) is 1.72. The van der Waals surface area contributed by atoms with Crippen LogP contribution in [0.15, 0.2) is 42.6 Å². The first-order valence-electron chi connectivity index (χ1n) is 5.37. The Morgan fingerprint density at radius 3 is 2.50 bits per heavy atom. The second kappa shape index (κ2) is 5.50. The van der Waals surface area contributed by atoms with Crippen molar-refractivity contribution in [2.45, 2.75) is 6.36 Å².